The summed E-state index contributed by atoms with van der Waals surface area (Å²) in [5, 5.41) is 12.4. The van der Waals surface area contributed by atoms with Crippen LogP contribution in [0.3, 0.4) is 0 Å². The number of hydrogen-bond donors (Lipinski definition) is 0. The van der Waals surface area contributed by atoms with Crippen LogP contribution in [0.1, 0.15) is 16.7 Å². The maximum Gasteiger partial charge on any atom is 0.269 e. The van der Waals surface area contributed by atoms with Crippen molar-refractivity contribution >= 4 is 34.5 Å². The van der Waals surface area contributed by atoms with Crippen LogP contribution < -0.4 is 18.9 Å². The molecule has 0 N–H and O–H groups in total. The van der Waals surface area contributed by atoms with Gasteiger partial charge in [0.1, 0.15) is 28.7 Å². The molecule has 3 aromatic rings. The Balaban J connectivity index is 1.79. The summed E-state index contributed by atoms with van der Waals surface area (Å²) in [5.74, 6) is 2.45. The van der Waals surface area contributed by atoms with Crippen molar-refractivity contribution in [3.05, 3.63) is 86.8 Å². The lowest BCUT2D eigenvalue weighted by Gasteiger charge is -2.12. The molecule has 0 bridgehead atoms. The van der Waals surface area contributed by atoms with E-state index >= 15 is 0 Å². The van der Waals surface area contributed by atoms with Crippen molar-refractivity contribution < 1.29 is 28.1 Å². The Hall–Kier alpha value is -4.18. The van der Waals surface area contributed by atoms with Crippen LogP contribution in [0.2, 0.25) is 0 Å². The predicted octanol–water partition coefficient (Wildman–Crippen LogP) is 5.30. The van der Waals surface area contributed by atoms with Crippen LogP contribution >= 0.6 is 0 Å². The largest absolute Gasteiger partial charge is 0.496 e. The fraction of sp³-hybridized carbons (Fsp3) is 0.192. The molecule has 0 radical (unpaired) electrons. The molecule has 0 amide bonds. The molecular weight excluding hydrogens is 484 g/mol. The standard InChI is InChI=1S/C26H26N2O7S/c1-32-21-14-25(34-3)22(26(15-21)35-4)11-12-36(31)17-19-7-10-24(33-2)23(13-19)27-16-18-5-8-20(9-6-18)28(29)30/h5-16H,17H2,1-4H3. The first-order valence-electron chi connectivity index (χ1n) is 10.7. The summed E-state index contributed by atoms with van der Waals surface area (Å²) in [4.78, 5) is 14.8. The van der Waals surface area contributed by atoms with Crippen molar-refractivity contribution in [2.45, 2.75) is 5.75 Å². The lowest BCUT2D eigenvalue weighted by Crippen LogP contribution is -1.96. The van der Waals surface area contributed by atoms with E-state index in [1.165, 1.54) is 19.2 Å². The lowest BCUT2D eigenvalue weighted by atomic mass is 10.1. The van der Waals surface area contributed by atoms with Gasteiger partial charge in [-0.05, 0) is 41.5 Å². The molecular formula is C26H26N2O7S. The van der Waals surface area contributed by atoms with Crippen LogP contribution in [0.15, 0.2) is 65.0 Å². The van der Waals surface area contributed by atoms with Gasteiger partial charge in [-0.15, -0.1) is 0 Å². The first-order valence-corrected chi connectivity index (χ1v) is 12.1. The molecule has 1 atom stereocenters. The predicted molar refractivity (Wildman–Crippen MR) is 140 cm³/mol. The molecule has 0 heterocycles. The minimum Gasteiger partial charge on any atom is -0.496 e. The van der Waals surface area contributed by atoms with Crippen LogP contribution in [-0.2, 0) is 16.6 Å². The monoisotopic (exact) mass is 510 g/mol. The van der Waals surface area contributed by atoms with Crippen LogP contribution in [-0.4, -0.2) is 43.8 Å². The highest BCUT2D eigenvalue weighted by molar-refractivity contribution is 7.87. The van der Waals surface area contributed by atoms with Gasteiger partial charge in [0.15, 0.2) is 0 Å². The maximum atomic E-state index is 12.8. The summed E-state index contributed by atoms with van der Waals surface area (Å²) < 4.78 is 34.3. The number of nitrogens with zero attached hydrogens (tertiary/aromatic N) is 2. The van der Waals surface area contributed by atoms with Crippen LogP contribution in [0, 0.1) is 10.1 Å². The summed E-state index contributed by atoms with van der Waals surface area (Å²) in [7, 11) is 4.83. The van der Waals surface area contributed by atoms with Gasteiger partial charge in [-0.2, -0.15) is 0 Å². The molecule has 0 spiro atoms. The number of benzene rings is 3. The van der Waals surface area contributed by atoms with Gasteiger partial charge in [0, 0.05) is 35.9 Å². The van der Waals surface area contributed by atoms with Gasteiger partial charge in [-0.1, -0.05) is 6.07 Å². The minimum absolute atomic E-state index is 0.00661. The molecule has 0 aliphatic rings. The Kier molecular flexibility index (Phi) is 9.18. The van der Waals surface area contributed by atoms with E-state index in [1.54, 1.807) is 75.4 Å². The summed E-state index contributed by atoms with van der Waals surface area (Å²) in [6, 6.07) is 14.9. The van der Waals surface area contributed by atoms with E-state index in [2.05, 4.69) is 4.99 Å². The van der Waals surface area contributed by atoms with E-state index in [1.807, 2.05) is 6.07 Å². The molecule has 3 aromatic carbocycles. The van der Waals surface area contributed by atoms with Crippen molar-refractivity contribution in [1.29, 1.82) is 0 Å². The van der Waals surface area contributed by atoms with E-state index < -0.39 is 15.7 Å². The van der Waals surface area contributed by atoms with Gasteiger partial charge in [0.25, 0.3) is 5.69 Å². The van der Waals surface area contributed by atoms with E-state index in [0.29, 0.717) is 39.8 Å². The van der Waals surface area contributed by atoms with E-state index in [-0.39, 0.29) is 11.4 Å². The Morgan fingerprint density at radius 1 is 0.889 bits per heavy atom. The number of rotatable bonds is 11. The third-order valence-electron chi connectivity index (χ3n) is 5.15. The third kappa shape index (κ3) is 6.70. The van der Waals surface area contributed by atoms with Crippen LogP contribution in [0.4, 0.5) is 11.4 Å². The lowest BCUT2D eigenvalue weighted by molar-refractivity contribution is -0.384. The molecule has 10 heteroatoms. The van der Waals surface area contributed by atoms with Gasteiger partial charge >= 0.3 is 0 Å². The minimum atomic E-state index is -1.34. The molecule has 188 valence electrons. The highest BCUT2D eigenvalue weighted by Crippen LogP contribution is 2.35. The molecule has 9 nitrogen and oxygen atoms in total. The van der Waals surface area contributed by atoms with E-state index in [0.717, 1.165) is 5.56 Å². The number of hydrogen-bond acceptors (Lipinski definition) is 8. The van der Waals surface area contributed by atoms with Crippen LogP contribution in [0.25, 0.3) is 6.08 Å². The maximum absolute atomic E-state index is 12.8. The zero-order chi connectivity index (χ0) is 26.1. The van der Waals surface area contributed by atoms with Gasteiger partial charge in [-0.3, -0.25) is 19.3 Å². The summed E-state index contributed by atoms with van der Waals surface area (Å²) >= 11 is 0. The van der Waals surface area contributed by atoms with Gasteiger partial charge < -0.3 is 18.9 Å². The van der Waals surface area contributed by atoms with Crippen molar-refractivity contribution in [1.82, 2.24) is 0 Å². The first-order chi connectivity index (χ1) is 17.4. The van der Waals surface area contributed by atoms with E-state index in [4.69, 9.17) is 18.9 Å². The van der Waals surface area contributed by atoms with Crippen LogP contribution in [0.5, 0.6) is 23.0 Å². The average molecular weight is 511 g/mol. The summed E-state index contributed by atoms with van der Waals surface area (Å²) in [6.45, 7) is 0. The fourth-order valence-corrected chi connectivity index (χ4v) is 4.20. The molecule has 0 aromatic heterocycles. The normalized spacial score (nSPS) is 12.0. The Morgan fingerprint density at radius 2 is 1.53 bits per heavy atom. The molecule has 1 unspecified atom stereocenters. The summed E-state index contributed by atoms with van der Waals surface area (Å²) in [5.41, 5.74) is 2.70. The smallest absolute Gasteiger partial charge is 0.269 e. The second-order valence-electron chi connectivity index (χ2n) is 7.39. The fourth-order valence-electron chi connectivity index (χ4n) is 3.31. The first kappa shape index (κ1) is 26.4. The van der Waals surface area contributed by atoms with Gasteiger partial charge in [0.2, 0.25) is 0 Å². The zero-order valence-electron chi connectivity index (χ0n) is 20.3. The second kappa shape index (κ2) is 12.5. The second-order valence-corrected chi connectivity index (χ2v) is 8.71. The number of aliphatic imine (C=N–C) groups is 1. The van der Waals surface area contributed by atoms with Gasteiger partial charge in [0.05, 0.1) is 55.5 Å². The van der Waals surface area contributed by atoms with Crippen molar-refractivity contribution in [3.63, 3.8) is 0 Å². The number of nitro benzene ring substituents is 1. The number of non-ortho nitro benzene ring substituents is 1. The zero-order valence-corrected chi connectivity index (χ0v) is 21.1. The molecule has 36 heavy (non-hydrogen) atoms. The molecule has 3 rings (SSSR count). The number of nitro groups is 1. The quantitative estimate of drug-likeness (QED) is 0.196. The summed E-state index contributed by atoms with van der Waals surface area (Å²) in [6.07, 6.45) is 3.29. The highest BCUT2D eigenvalue weighted by atomic mass is 32.2. The Morgan fingerprint density at radius 3 is 2.08 bits per heavy atom. The SMILES string of the molecule is COc1cc(OC)c(C=CS(=O)Cc2ccc(OC)c(N=Cc3ccc([N+](=O)[O-])cc3)c2)c(OC)c1. The third-order valence-corrected chi connectivity index (χ3v) is 6.21. The Labute approximate surface area is 211 Å². The molecule has 0 saturated carbocycles. The van der Waals surface area contributed by atoms with Gasteiger partial charge in [-0.25, -0.2) is 0 Å². The number of methoxy groups -OCH3 is 4. The molecule has 0 aliphatic carbocycles. The topological polar surface area (TPSA) is 109 Å². The van der Waals surface area contributed by atoms with E-state index in [9.17, 15) is 14.3 Å². The average Bonchev–Trinajstić information content (AvgIpc) is 2.90. The molecule has 0 saturated heterocycles. The molecule has 0 aliphatic heterocycles. The highest BCUT2D eigenvalue weighted by Gasteiger charge is 2.12. The Bertz CT molecular complexity index is 1280. The van der Waals surface area contributed by atoms with Crippen molar-refractivity contribution in [2.24, 2.45) is 4.99 Å². The number of ether oxygens (including phenoxy) is 4. The van der Waals surface area contributed by atoms with Crippen molar-refractivity contribution in [2.75, 3.05) is 28.4 Å². The molecule has 0 fully saturated rings. The van der Waals surface area contributed by atoms with Crippen molar-refractivity contribution in [3.8, 4) is 23.0 Å².